The molecule has 1 saturated carbocycles. The molecule has 8 nitrogen and oxygen atoms in total. The average molecular weight is 350 g/mol. The Balaban J connectivity index is 2.19. The number of hydrogen-bond acceptors (Lipinski definition) is 7. The molecule has 0 radical (unpaired) electrons. The predicted molar refractivity (Wildman–Crippen MR) is 82.7 cm³/mol. The van der Waals surface area contributed by atoms with Crippen molar-refractivity contribution in [3.63, 3.8) is 0 Å². The van der Waals surface area contributed by atoms with Crippen LogP contribution in [-0.2, 0) is 15.3 Å². The molecule has 1 heterocycles. The summed E-state index contributed by atoms with van der Waals surface area (Å²) in [7, 11) is -3.86. The largest absolute Gasteiger partial charge is 0.360 e. The maximum absolute atomic E-state index is 12.8. The summed E-state index contributed by atoms with van der Waals surface area (Å²) in [4.78, 5) is 22.9. The minimum atomic E-state index is -3.86. The van der Waals surface area contributed by atoms with Crippen molar-refractivity contribution in [3.05, 3.63) is 51.4 Å². The van der Waals surface area contributed by atoms with Gasteiger partial charge in [-0.25, -0.2) is 8.42 Å². The number of hydrogen-bond donors (Lipinski definition) is 0. The summed E-state index contributed by atoms with van der Waals surface area (Å²) in [6, 6.07) is 3.66. The third kappa shape index (κ3) is 2.60. The van der Waals surface area contributed by atoms with Crippen LogP contribution in [0.1, 0.15) is 41.4 Å². The SMILES string of the molecule is CC1(c2oncc2C(=O)c2cccc(S(C)(=O)=O)c2[N+](=O)[O-])CC1. The molecule has 1 fully saturated rings. The van der Waals surface area contributed by atoms with E-state index >= 15 is 0 Å². The molecule has 1 aliphatic rings. The minimum Gasteiger partial charge on any atom is -0.360 e. The number of benzene rings is 1. The van der Waals surface area contributed by atoms with Gasteiger partial charge in [-0.05, 0) is 25.0 Å². The molecule has 126 valence electrons. The third-order valence-electron chi connectivity index (χ3n) is 4.19. The molecule has 1 aliphatic carbocycles. The van der Waals surface area contributed by atoms with Gasteiger partial charge in [-0.1, -0.05) is 18.1 Å². The predicted octanol–water partition coefficient (Wildman–Crippen LogP) is 2.27. The Morgan fingerprint density at radius 1 is 1.33 bits per heavy atom. The number of sulfone groups is 1. The average Bonchev–Trinajstić information content (AvgIpc) is 3.06. The Morgan fingerprint density at radius 3 is 2.54 bits per heavy atom. The zero-order valence-electron chi connectivity index (χ0n) is 13.0. The maximum Gasteiger partial charge on any atom is 0.299 e. The van der Waals surface area contributed by atoms with E-state index in [1.165, 1.54) is 18.3 Å². The van der Waals surface area contributed by atoms with E-state index in [1.54, 1.807) is 0 Å². The highest BCUT2D eigenvalue weighted by molar-refractivity contribution is 7.90. The summed E-state index contributed by atoms with van der Waals surface area (Å²) >= 11 is 0. The fraction of sp³-hybridized carbons (Fsp3) is 0.333. The Kier molecular flexibility index (Phi) is 3.56. The fourth-order valence-corrected chi connectivity index (χ4v) is 3.45. The molecule has 0 aliphatic heterocycles. The Labute approximate surface area is 137 Å². The van der Waals surface area contributed by atoms with Crippen LogP contribution in [0.3, 0.4) is 0 Å². The summed E-state index contributed by atoms with van der Waals surface area (Å²) < 4.78 is 28.8. The van der Waals surface area contributed by atoms with Crippen molar-refractivity contribution in [2.24, 2.45) is 0 Å². The number of carbonyl (C=O) groups is 1. The zero-order valence-corrected chi connectivity index (χ0v) is 13.8. The lowest BCUT2D eigenvalue weighted by atomic mass is 9.96. The molecule has 9 heteroatoms. The van der Waals surface area contributed by atoms with E-state index in [0.717, 1.165) is 25.2 Å². The number of carbonyl (C=O) groups excluding carboxylic acids is 1. The molecular formula is C15H14N2O6S. The molecule has 3 rings (SSSR count). The summed E-state index contributed by atoms with van der Waals surface area (Å²) in [6.07, 6.45) is 3.74. The molecule has 0 amide bonds. The Morgan fingerprint density at radius 2 is 2.00 bits per heavy atom. The molecule has 24 heavy (non-hydrogen) atoms. The highest BCUT2D eigenvalue weighted by atomic mass is 32.2. The number of nitrogens with zero attached hydrogens (tertiary/aromatic N) is 2. The van der Waals surface area contributed by atoms with Gasteiger partial charge in [-0.2, -0.15) is 0 Å². The van der Waals surface area contributed by atoms with E-state index in [4.69, 9.17) is 4.52 Å². The van der Waals surface area contributed by atoms with Gasteiger partial charge in [0.15, 0.2) is 15.6 Å². The standard InChI is InChI=1S/C15H14N2O6S/c1-15(6-7-15)14-10(8-16-23-14)13(18)9-4-3-5-11(24(2,21)22)12(9)17(19)20/h3-5,8H,6-7H2,1-2H3. The first-order valence-electron chi connectivity index (χ1n) is 7.12. The van der Waals surface area contributed by atoms with Crippen molar-refractivity contribution in [2.75, 3.05) is 6.26 Å². The van der Waals surface area contributed by atoms with Crippen molar-refractivity contribution in [2.45, 2.75) is 30.1 Å². The van der Waals surface area contributed by atoms with Crippen LogP contribution in [0.15, 0.2) is 33.8 Å². The second-order valence-electron chi connectivity index (χ2n) is 6.14. The van der Waals surface area contributed by atoms with Crippen LogP contribution in [0.25, 0.3) is 0 Å². The normalized spacial score (nSPS) is 15.9. The van der Waals surface area contributed by atoms with E-state index < -0.39 is 31.1 Å². The van der Waals surface area contributed by atoms with Crippen LogP contribution in [0, 0.1) is 10.1 Å². The summed E-state index contributed by atoms with van der Waals surface area (Å²) in [6.45, 7) is 1.91. The maximum atomic E-state index is 12.8. The molecule has 0 saturated heterocycles. The lowest BCUT2D eigenvalue weighted by Crippen LogP contribution is -2.13. The molecule has 0 bridgehead atoms. The summed E-state index contributed by atoms with van der Waals surface area (Å²) in [5.74, 6) is -0.289. The lowest BCUT2D eigenvalue weighted by Gasteiger charge is -2.08. The van der Waals surface area contributed by atoms with Crippen LogP contribution < -0.4 is 0 Å². The highest BCUT2D eigenvalue weighted by Crippen LogP contribution is 2.49. The number of aromatic nitrogens is 1. The second kappa shape index (κ2) is 5.23. The Bertz CT molecular complexity index is 956. The zero-order chi connectivity index (χ0) is 17.7. The molecule has 1 aromatic carbocycles. The van der Waals surface area contributed by atoms with E-state index in [0.29, 0.717) is 5.76 Å². The third-order valence-corrected chi connectivity index (χ3v) is 5.32. The van der Waals surface area contributed by atoms with Crippen LogP contribution in [0.2, 0.25) is 0 Å². The number of rotatable bonds is 5. The van der Waals surface area contributed by atoms with E-state index in [9.17, 15) is 23.3 Å². The first-order chi connectivity index (χ1) is 11.1. The van der Waals surface area contributed by atoms with Crippen LogP contribution >= 0.6 is 0 Å². The van der Waals surface area contributed by atoms with E-state index in [1.807, 2.05) is 6.92 Å². The molecule has 0 N–H and O–H groups in total. The Hall–Kier alpha value is -2.55. The van der Waals surface area contributed by atoms with Crippen LogP contribution in [0.4, 0.5) is 5.69 Å². The van der Waals surface area contributed by atoms with Crippen molar-refractivity contribution in [1.82, 2.24) is 5.16 Å². The minimum absolute atomic E-state index is 0.128. The van der Waals surface area contributed by atoms with Crippen molar-refractivity contribution >= 4 is 21.3 Å². The molecule has 2 aromatic rings. The highest BCUT2D eigenvalue weighted by Gasteiger charge is 2.46. The molecule has 0 atom stereocenters. The summed E-state index contributed by atoms with van der Waals surface area (Å²) in [5.41, 5.74) is -1.19. The van der Waals surface area contributed by atoms with E-state index in [-0.39, 0.29) is 16.5 Å². The first-order valence-corrected chi connectivity index (χ1v) is 9.01. The number of para-hydroxylation sites is 1. The number of nitro benzene ring substituents is 1. The van der Waals surface area contributed by atoms with Gasteiger partial charge in [0.1, 0.15) is 10.5 Å². The van der Waals surface area contributed by atoms with E-state index in [2.05, 4.69) is 5.16 Å². The smallest absolute Gasteiger partial charge is 0.299 e. The lowest BCUT2D eigenvalue weighted by molar-refractivity contribution is -0.388. The molecule has 0 unspecified atom stereocenters. The van der Waals surface area contributed by atoms with Gasteiger partial charge in [-0.15, -0.1) is 0 Å². The number of ketones is 1. The fourth-order valence-electron chi connectivity index (χ4n) is 2.59. The van der Waals surface area contributed by atoms with Gasteiger partial charge in [0, 0.05) is 11.7 Å². The van der Waals surface area contributed by atoms with Crippen molar-refractivity contribution in [3.8, 4) is 0 Å². The molecule has 1 aromatic heterocycles. The first kappa shape index (κ1) is 16.3. The van der Waals surface area contributed by atoms with Gasteiger partial charge in [0.05, 0.1) is 16.7 Å². The van der Waals surface area contributed by atoms with Gasteiger partial charge in [-0.3, -0.25) is 14.9 Å². The monoisotopic (exact) mass is 350 g/mol. The number of nitro groups is 1. The second-order valence-corrected chi connectivity index (χ2v) is 8.12. The van der Waals surface area contributed by atoms with Gasteiger partial charge >= 0.3 is 0 Å². The molecular weight excluding hydrogens is 336 g/mol. The molecule has 0 spiro atoms. The van der Waals surface area contributed by atoms with Crippen molar-refractivity contribution < 1.29 is 22.7 Å². The van der Waals surface area contributed by atoms with Crippen LogP contribution in [0.5, 0.6) is 0 Å². The van der Waals surface area contributed by atoms with Gasteiger partial charge < -0.3 is 4.52 Å². The van der Waals surface area contributed by atoms with Crippen LogP contribution in [-0.4, -0.2) is 30.5 Å². The van der Waals surface area contributed by atoms with Crippen molar-refractivity contribution in [1.29, 1.82) is 0 Å². The topological polar surface area (TPSA) is 120 Å². The quantitative estimate of drug-likeness (QED) is 0.460. The van der Waals surface area contributed by atoms with Gasteiger partial charge in [0.2, 0.25) is 5.78 Å². The summed E-state index contributed by atoms with van der Waals surface area (Å²) in [5, 5.41) is 15.0. The van der Waals surface area contributed by atoms with Gasteiger partial charge in [0.25, 0.3) is 5.69 Å².